The second-order valence-electron chi connectivity index (χ2n) is 0.394. The molecule has 0 saturated carbocycles. The van der Waals surface area contributed by atoms with E-state index in [9.17, 15) is 0 Å². The van der Waals surface area contributed by atoms with Crippen molar-refractivity contribution in [3.63, 3.8) is 0 Å². The highest BCUT2D eigenvalue weighted by molar-refractivity contribution is 5.32. The Balaban J connectivity index is 0. The standard InChI is InChI=1S/CH6N2.CH2O2/c1-3-2;2-1-3/h3H,2H2,1H3;1H,(H,2,3). The topological polar surface area (TPSA) is 75.3 Å². The van der Waals surface area contributed by atoms with E-state index < -0.39 is 0 Å². The van der Waals surface area contributed by atoms with Gasteiger partial charge in [0.05, 0.1) is 0 Å². The maximum Gasteiger partial charge on any atom is 0.290 e. The highest BCUT2D eigenvalue weighted by Gasteiger charge is 1.22. The van der Waals surface area contributed by atoms with Crippen molar-refractivity contribution >= 4 is 6.47 Å². The molecule has 6 heavy (non-hydrogen) atoms. The van der Waals surface area contributed by atoms with Gasteiger partial charge in [-0.05, 0) is 7.05 Å². The molecule has 0 saturated heterocycles. The predicted molar refractivity (Wildman–Crippen MR) is 21.9 cm³/mol. The summed E-state index contributed by atoms with van der Waals surface area (Å²) >= 11 is 0. The summed E-state index contributed by atoms with van der Waals surface area (Å²) in [6, 6.07) is 0. The molecule has 0 aliphatic rings. The minimum absolute atomic E-state index is 0.250. The molecule has 0 rings (SSSR count). The molecule has 38 valence electrons. The van der Waals surface area contributed by atoms with E-state index in [2.05, 4.69) is 11.3 Å². The number of hydrazine groups is 1. The van der Waals surface area contributed by atoms with Gasteiger partial charge in [-0.2, -0.15) is 0 Å². The van der Waals surface area contributed by atoms with Crippen LogP contribution in [0.15, 0.2) is 0 Å². The number of nitrogens with two attached hydrogens (primary N) is 1. The molecule has 0 unspecified atom stereocenters. The zero-order valence-electron chi connectivity index (χ0n) is 3.51. The number of hydrogen-bond acceptors (Lipinski definition) is 3. The normalized spacial score (nSPS) is 5.00. The molecule has 0 aromatic carbocycles. The van der Waals surface area contributed by atoms with Crippen LogP contribution in [0.25, 0.3) is 0 Å². The van der Waals surface area contributed by atoms with Gasteiger partial charge >= 0.3 is 0 Å². The molecule has 0 heterocycles. The first-order valence-electron chi connectivity index (χ1n) is 1.28. The largest absolute Gasteiger partial charge is 0.483 e. The maximum absolute atomic E-state index is 8.36. The SMILES string of the molecule is CNN.O=CO. The Morgan fingerprint density at radius 2 is 2.00 bits per heavy atom. The zero-order valence-corrected chi connectivity index (χ0v) is 3.51. The van der Waals surface area contributed by atoms with Crippen LogP contribution in [0.3, 0.4) is 0 Å². The van der Waals surface area contributed by atoms with Gasteiger partial charge in [-0.25, -0.2) is 0 Å². The molecule has 0 amide bonds. The van der Waals surface area contributed by atoms with Crippen LogP contribution in [0.2, 0.25) is 0 Å². The summed E-state index contributed by atoms with van der Waals surface area (Å²) in [5.74, 6) is 4.60. The van der Waals surface area contributed by atoms with E-state index in [0.717, 1.165) is 0 Å². The number of carboxylic acid groups (broad SMARTS) is 1. The van der Waals surface area contributed by atoms with Crippen molar-refractivity contribution in [3.05, 3.63) is 0 Å². The van der Waals surface area contributed by atoms with Gasteiger partial charge in [-0.3, -0.25) is 16.1 Å². The van der Waals surface area contributed by atoms with Gasteiger partial charge in [0.15, 0.2) is 0 Å². The lowest BCUT2D eigenvalue weighted by molar-refractivity contribution is -0.122. The molecular weight excluding hydrogens is 84.0 g/mol. The predicted octanol–water partition coefficient (Wildman–Crippen LogP) is -1.22. The number of rotatable bonds is 0. The Morgan fingerprint density at radius 3 is 2.00 bits per heavy atom. The highest BCUT2D eigenvalue weighted by atomic mass is 16.3. The van der Waals surface area contributed by atoms with E-state index in [1.54, 1.807) is 7.05 Å². The summed E-state index contributed by atoms with van der Waals surface area (Å²) in [4.78, 5) is 8.36. The van der Waals surface area contributed by atoms with Crippen LogP contribution in [-0.2, 0) is 4.79 Å². The van der Waals surface area contributed by atoms with Crippen molar-refractivity contribution in [2.24, 2.45) is 5.84 Å². The minimum Gasteiger partial charge on any atom is -0.483 e. The molecule has 4 N–H and O–H groups in total. The summed E-state index contributed by atoms with van der Waals surface area (Å²) in [5, 5.41) is 6.89. The summed E-state index contributed by atoms with van der Waals surface area (Å²) in [6.45, 7) is -0.250. The second-order valence-corrected chi connectivity index (χ2v) is 0.394. The fourth-order valence-electron chi connectivity index (χ4n) is 0. The molecule has 0 aromatic heterocycles. The van der Waals surface area contributed by atoms with Crippen LogP contribution >= 0.6 is 0 Å². The first-order valence-corrected chi connectivity index (χ1v) is 1.28. The van der Waals surface area contributed by atoms with Gasteiger partial charge < -0.3 is 5.11 Å². The van der Waals surface area contributed by atoms with Gasteiger partial charge in [-0.15, -0.1) is 0 Å². The minimum atomic E-state index is -0.250. The Labute approximate surface area is 35.9 Å². The summed E-state index contributed by atoms with van der Waals surface area (Å²) in [7, 11) is 1.65. The highest BCUT2D eigenvalue weighted by Crippen LogP contribution is 0.966. The van der Waals surface area contributed by atoms with E-state index in [-0.39, 0.29) is 6.47 Å². The van der Waals surface area contributed by atoms with Crippen molar-refractivity contribution in [1.82, 2.24) is 5.43 Å². The van der Waals surface area contributed by atoms with Crippen LogP contribution < -0.4 is 11.3 Å². The van der Waals surface area contributed by atoms with Crippen LogP contribution in [0.1, 0.15) is 0 Å². The van der Waals surface area contributed by atoms with Crippen molar-refractivity contribution < 1.29 is 9.90 Å². The third-order valence-corrected chi connectivity index (χ3v) is 0. The molecule has 4 heteroatoms. The molecule has 0 aliphatic heterocycles. The molecule has 0 atom stereocenters. The first-order chi connectivity index (χ1) is 2.83. The lowest BCUT2D eigenvalue weighted by Crippen LogP contribution is -2.13. The van der Waals surface area contributed by atoms with Gasteiger partial charge in [0, 0.05) is 0 Å². The molecule has 0 bridgehead atoms. The van der Waals surface area contributed by atoms with E-state index in [1.165, 1.54) is 0 Å². The summed E-state index contributed by atoms with van der Waals surface area (Å²) in [5.41, 5.74) is 2.25. The number of carbonyl (C=O) groups is 1. The van der Waals surface area contributed by atoms with Crippen LogP contribution in [0.4, 0.5) is 0 Å². The summed E-state index contributed by atoms with van der Waals surface area (Å²) < 4.78 is 0. The van der Waals surface area contributed by atoms with E-state index in [4.69, 9.17) is 9.90 Å². The van der Waals surface area contributed by atoms with Crippen molar-refractivity contribution in [1.29, 1.82) is 0 Å². The maximum atomic E-state index is 8.36. The lowest BCUT2D eigenvalue weighted by atomic mass is 11.5. The first kappa shape index (κ1) is 9.04. The quantitative estimate of drug-likeness (QED) is 0.199. The van der Waals surface area contributed by atoms with E-state index in [1.807, 2.05) is 0 Å². The fourth-order valence-corrected chi connectivity index (χ4v) is 0. The number of nitrogens with one attached hydrogen (secondary N) is 1. The van der Waals surface area contributed by atoms with Crippen LogP contribution in [0, 0.1) is 0 Å². The van der Waals surface area contributed by atoms with Gasteiger partial charge in [0.1, 0.15) is 0 Å². The van der Waals surface area contributed by atoms with Gasteiger partial charge in [0.2, 0.25) is 0 Å². The molecule has 0 fully saturated rings. The second kappa shape index (κ2) is 26.1. The zero-order chi connectivity index (χ0) is 5.41. The Bertz CT molecular complexity index is 23.5. The molecule has 4 nitrogen and oxygen atoms in total. The van der Waals surface area contributed by atoms with Crippen LogP contribution in [-0.4, -0.2) is 18.6 Å². The van der Waals surface area contributed by atoms with Crippen molar-refractivity contribution in [2.45, 2.75) is 0 Å². The lowest BCUT2D eigenvalue weighted by Gasteiger charge is -1.62. The third-order valence-electron chi connectivity index (χ3n) is 0. The summed E-state index contributed by atoms with van der Waals surface area (Å²) in [6.07, 6.45) is 0. The fraction of sp³-hybridized carbons (Fsp3) is 0.500. The van der Waals surface area contributed by atoms with Gasteiger partial charge in [0.25, 0.3) is 6.47 Å². The Morgan fingerprint density at radius 1 is 2.00 bits per heavy atom. The van der Waals surface area contributed by atoms with Gasteiger partial charge in [-0.1, -0.05) is 0 Å². The Hall–Kier alpha value is -0.610. The van der Waals surface area contributed by atoms with Crippen LogP contribution in [0.5, 0.6) is 0 Å². The molecule has 0 radical (unpaired) electrons. The third kappa shape index (κ3) is 52.0. The number of hydrogen-bond donors (Lipinski definition) is 3. The van der Waals surface area contributed by atoms with E-state index >= 15 is 0 Å². The van der Waals surface area contributed by atoms with Crippen molar-refractivity contribution in [2.75, 3.05) is 7.05 Å². The monoisotopic (exact) mass is 92.1 g/mol. The molecule has 0 spiro atoms. The van der Waals surface area contributed by atoms with E-state index in [0.29, 0.717) is 0 Å². The molecular formula is C2H8N2O2. The molecule has 0 aliphatic carbocycles. The average Bonchev–Trinajstić information content (AvgIpc) is 1.39. The van der Waals surface area contributed by atoms with Crippen molar-refractivity contribution in [3.8, 4) is 0 Å². The average molecular weight is 92.1 g/mol. The Kier molecular flexibility index (Phi) is 39.3. The molecule has 0 aromatic rings. The smallest absolute Gasteiger partial charge is 0.290 e.